The van der Waals surface area contributed by atoms with Crippen LogP contribution in [0.2, 0.25) is 0 Å². The molecule has 5 rings (SSSR count). The quantitative estimate of drug-likeness (QED) is 0.601. The van der Waals surface area contributed by atoms with Crippen molar-refractivity contribution in [1.29, 1.82) is 0 Å². The second-order valence-electron chi connectivity index (χ2n) is 7.97. The number of carbonyl (C=O) groups excluding carboxylic acids is 2. The first kappa shape index (κ1) is 20.3. The Bertz CT molecular complexity index is 1160. The molecule has 0 radical (unpaired) electrons. The van der Waals surface area contributed by atoms with Crippen molar-refractivity contribution >= 4 is 34.5 Å². The Morgan fingerprint density at radius 2 is 1.88 bits per heavy atom. The first-order valence-corrected chi connectivity index (χ1v) is 10.7. The van der Waals surface area contributed by atoms with Crippen LogP contribution in [0.15, 0.2) is 30.6 Å². The highest BCUT2D eigenvalue weighted by atomic mass is 19.1. The number of nitrogens with zero attached hydrogens (tertiary/aromatic N) is 8. The molecular formula is C21H23FN8O2. The van der Waals surface area contributed by atoms with E-state index in [1.54, 1.807) is 21.7 Å². The average Bonchev–Trinajstić information content (AvgIpc) is 3.42. The molecule has 2 saturated heterocycles. The molecular weight excluding hydrogens is 415 g/mol. The minimum absolute atomic E-state index is 0.0210. The van der Waals surface area contributed by atoms with Gasteiger partial charge in [0.1, 0.15) is 12.1 Å². The molecule has 2 amide bonds. The van der Waals surface area contributed by atoms with Gasteiger partial charge in [0.2, 0.25) is 11.8 Å². The van der Waals surface area contributed by atoms with Gasteiger partial charge in [-0.15, -0.1) is 5.10 Å². The first-order valence-electron chi connectivity index (χ1n) is 10.7. The maximum atomic E-state index is 13.2. The van der Waals surface area contributed by atoms with Gasteiger partial charge in [-0.3, -0.25) is 9.59 Å². The van der Waals surface area contributed by atoms with Gasteiger partial charge in [-0.2, -0.15) is 0 Å². The summed E-state index contributed by atoms with van der Waals surface area (Å²) in [4.78, 5) is 39.7. The van der Waals surface area contributed by atoms with Crippen LogP contribution in [0.4, 0.5) is 15.9 Å². The van der Waals surface area contributed by atoms with E-state index in [0.717, 1.165) is 5.82 Å². The summed E-state index contributed by atoms with van der Waals surface area (Å²) in [7, 11) is 0. The van der Waals surface area contributed by atoms with Crippen LogP contribution in [0.1, 0.15) is 13.3 Å². The fourth-order valence-electron chi connectivity index (χ4n) is 4.36. The van der Waals surface area contributed by atoms with Gasteiger partial charge in [-0.25, -0.2) is 19.0 Å². The number of rotatable bonds is 4. The number of benzene rings is 1. The zero-order valence-electron chi connectivity index (χ0n) is 17.7. The smallest absolute Gasteiger partial charge is 0.228 e. The summed E-state index contributed by atoms with van der Waals surface area (Å²) in [6.07, 6.45) is 1.68. The maximum absolute atomic E-state index is 13.2. The van der Waals surface area contributed by atoms with Gasteiger partial charge in [-0.1, -0.05) is 5.21 Å². The highest BCUT2D eigenvalue weighted by Crippen LogP contribution is 2.28. The topological polar surface area (TPSA) is 100 Å². The third kappa shape index (κ3) is 3.53. The second-order valence-corrected chi connectivity index (χ2v) is 7.97. The molecule has 10 nitrogen and oxygen atoms in total. The van der Waals surface area contributed by atoms with Crippen molar-refractivity contribution in [3.63, 3.8) is 0 Å². The fourth-order valence-corrected chi connectivity index (χ4v) is 4.36. The lowest BCUT2D eigenvalue weighted by atomic mass is 10.1. The van der Waals surface area contributed by atoms with E-state index in [1.807, 2.05) is 11.8 Å². The molecule has 1 atom stereocenters. The lowest BCUT2D eigenvalue weighted by molar-refractivity contribution is -0.136. The Labute approximate surface area is 183 Å². The van der Waals surface area contributed by atoms with E-state index in [0.29, 0.717) is 56.1 Å². The number of aromatic nitrogens is 5. The van der Waals surface area contributed by atoms with Crippen LogP contribution in [0.3, 0.4) is 0 Å². The molecule has 11 heteroatoms. The van der Waals surface area contributed by atoms with E-state index >= 15 is 0 Å². The van der Waals surface area contributed by atoms with E-state index in [4.69, 9.17) is 0 Å². The average molecular weight is 438 g/mol. The van der Waals surface area contributed by atoms with E-state index in [1.165, 1.54) is 18.5 Å². The van der Waals surface area contributed by atoms with Gasteiger partial charge in [0.25, 0.3) is 0 Å². The van der Waals surface area contributed by atoms with Gasteiger partial charge in [0.05, 0.1) is 5.92 Å². The molecule has 2 aliphatic heterocycles. The van der Waals surface area contributed by atoms with Crippen LogP contribution < -0.4 is 9.80 Å². The number of anilines is 2. The van der Waals surface area contributed by atoms with Gasteiger partial charge < -0.3 is 14.7 Å². The van der Waals surface area contributed by atoms with Crippen molar-refractivity contribution in [2.45, 2.75) is 19.9 Å². The summed E-state index contributed by atoms with van der Waals surface area (Å²) in [6.45, 7) is 5.25. The highest BCUT2D eigenvalue weighted by molar-refractivity contribution is 6.00. The molecule has 1 aromatic carbocycles. The molecule has 2 fully saturated rings. The molecule has 0 spiro atoms. The SMILES string of the molecule is CCn1nnc2c(N3CCN(C(=O)C4CC(=O)N(c5ccc(F)cc5)C4)CC3)ncnc21. The monoisotopic (exact) mass is 438 g/mol. The summed E-state index contributed by atoms with van der Waals surface area (Å²) in [5.41, 5.74) is 1.97. The number of fused-ring (bicyclic) bond motifs is 1. The van der Waals surface area contributed by atoms with Gasteiger partial charge >= 0.3 is 0 Å². The largest absolute Gasteiger partial charge is 0.351 e. The Balaban J connectivity index is 1.24. The van der Waals surface area contributed by atoms with Gasteiger partial charge in [0.15, 0.2) is 17.0 Å². The van der Waals surface area contributed by atoms with Crippen LogP contribution >= 0.6 is 0 Å². The van der Waals surface area contributed by atoms with E-state index in [-0.39, 0.29) is 24.1 Å². The van der Waals surface area contributed by atoms with Gasteiger partial charge in [-0.05, 0) is 31.2 Å². The number of amides is 2. The summed E-state index contributed by atoms with van der Waals surface area (Å²) in [5.74, 6) is -0.165. The standard InChI is InChI=1S/C21H23FN8O2/c1-2-30-20-18(25-26-30)19(23-13-24-20)27-7-9-28(10-8-27)21(32)14-11-17(31)29(12-14)16-5-3-15(22)4-6-16/h3-6,13-14H,2,7-12H2,1H3. The first-order chi connectivity index (χ1) is 15.5. The van der Waals surface area contributed by atoms with E-state index in [2.05, 4.69) is 25.2 Å². The predicted molar refractivity (Wildman–Crippen MR) is 114 cm³/mol. The maximum Gasteiger partial charge on any atom is 0.228 e. The summed E-state index contributed by atoms with van der Waals surface area (Å²) in [6, 6.07) is 5.77. The molecule has 0 aliphatic carbocycles. The number of halogens is 1. The van der Waals surface area contributed by atoms with Crippen LogP contribution in [-0.2, 0) is 16.1 Å². The van der Waals surface area contributed by atoms with Crippen LogP contribution in [0.5, 0.6) is 0 Å². The predicted octanol–water partition coefficient (Wildman–Crippen LogP) is 1.08. The van der Waals surface area contributed by atoms with Crippen molar-refractivity contribution in [3.8, 4) is 0 Å². The Morgan fingerprint density at radius 3 is 2.59 bits per heavy atom. The number of hydrogen-bond donors (Lipinski definition) is 0. The normalized spacial score (nSPS) is 19.2. The molecule has 0 N–H and O–H groups in total. The molecule has 0 bridgehead atoms. The van der Waals surface area contributed by atoms with Crippen molar-refractivity contribution < 1.29 is 14.0 Å². The van der Waals surface area contributed by atoms with Crippen molar-refractivity contribution in [2.75, 3.05) is 42.5 Å². The Hall–Kier alpha value is -3.63. The lowest BCUT2D eigenvalue weighted by Crippen LogP contribution is -2.51. The number of hydrogen-bond acceptors (Lipinski definition) is 7. The lowest BCUT2D eigenvalue weighted by Gasteiger charge is -2.36. The van der Waals surface area contributed by atoms with E-state index < -0.39 is 5.92 Å². The zero-order valence-corrected chi connectivity index (χ0v) is 17.7. The van der Waals surface area contributed by atoms with Gasteiger partial charge in [0, 0.05) is 51.4 Å². The number of piperazine rings is 1. The summed E-state index contributed by atoms with van der Waals surface area (Å²) >= 11 is 0. The molecule has 166 valence electrons. The molecule has 2 aliphatic rings. The molecule has 0 saturated carbocycles. The van der Waals surface area contributed by atoms with Crippen molar-refractivity contribution in [2.24, 2.45) is 5.92 Å². The second kappa shape index (κ2) is 8.13. The third-order valence-corrected chi connectivity index (χ3v) is 6.08. The van der Waals surface area contributed by atoms with Crippen LogP contribution in [0, 0.1) is 11.7 Å². The summed E-state index contributed by atoms with van der Waals surface area (Å²) < 4.78 is 14.9. The van der Waals surface area contributed by atoms with Crippen molar-refractivity contribution in [3.05, 3.63) is 36.4 Å². The van der Waals surface area contributed by atoms with E-state index in [9.17, 15) is 14.0 Å². The third-order valence-electron chi connectivity index (χ3n) is 6.08. The van der Waals surface area contributed by atoms with Crippen LogP contribution in [0.25, 0.3) is 11.2 Å². The molecule has 3 aromatic rings. The number of aryl methyl sites for hydroxylation is 1. The van der Waals surface area contributed by atoms with Crippen LogP contribution in [-0.4, -0.2) is 74.4 Å². The highest BCUT2D eigenvalue weighted by Gasteiger charge is 2.38. The minimum Gasteiger partial charge on any atom is -0.351 e. The Morgan fingerprint density at radius 1 is 1.12 bits per heavy atom. The molecule has 2 aromatic heterocycles. The fraction of sp³-hybridized carbons (Fsp3) is 0.429. The number of carbonyl (C=O) groups is 2. The summed E-state index contributed by atoms with van der Waals surface area (Å²) in [5, 5.41) is 8.36. The Kier molecular flexibility index (Phi) is 5.16. The molecule has 4 heterocycles. The molecule has 1 unspecified atom stereocenters. The zero-order chi connectivity index (χ0) is 22.2. The van der Waals surface area contributed by atoms with Crippen molar-refractivity contribution in [1.82, 2.24) is 29.9 Å². The molecule has 32 heavy (non-hydrogen) atoms. The minimum atomic E-state index is -0.394.